The Bertz CT molecular complexity index is 536. The van der Waals surface area contributed by atoms with E-state index in [-0.39, 0.29) is 5.76 Å². The van der Waals surface area contributed by atoms with Crippen LogP contribution in [0.25, 0.3) is 0 Å². The van der Waals surface area contributed by atoms with Crippen LogP contribution in [-0.4, -0.2) is 16.1 Å². The Hall–Kier alpha value is -1.75. The van der Waals surface area contributed by atoms with Crippen LogP contribution in [0.1, 0.15) is 21.9 Å². The molecule has 0 spiro atoms. The number of rotatable bonds is 4. The summed E-state index contributed by atoms with van der Waals surface area (Å²) in [6, 6.07) is 8.92. The number of hydrogen-bond donors (Lipinski definition) is 1. The summed E-state index contributed by atoms with van der Waals surface area (Å²) in [5.74, 6) is -0.427. The number of nitrogens with zero attached hydrogens (tertiary/aromatic N) is 1. The maximum atomic E-state index is 10.6. The minimum absolute atomic E-state index is 0.0373. The van der Waals surface area contributed by atoms with Crippen LogP contribution in [0.3, 0.4) is 0 Å². The highest BCUT2D eigenvalue weighted by molar-refractivity contribution is 7.98. The molecule has 0 aliphatic carbocycles. The first kappa shape index (κ1) is 11.7. The summed E-state index contributed by atoms with van der Waals surface area (Å²) in [5.41, 5.74) is 1.91. The third-order valence-corrected chi connectivity index (χ3v) is 3.04. The first-order valence-electron chi connectivity index (χ1n) is 5.03. The Kier molecular flexibility index (Phi) is 3.49. The van der Waals surface area contributed by atoms with Crippen LogP contribution < -0.4 is 0 Å². The van der Waals surface area contributed by atoms with Crippen molar-refractivity contribution in [3.8, 4) is 0 Å². The molecule has 1 N–H and O–H groups in total. The molecule has 0 aliphatic heterocycles. The second-order valence-corrected chi connectivity index (χ2v) is 4.46. The zero-order chi connectivity index (χ0) is 12.3. The van der Waals surface area contributed by atoms with Crippen LogP contribution in [0.5, 0.6) is 0 Å². The molecule has 0 amide bonds. The number of thioether (sulfide) groups is 1. The fourth-order valence-corrected chi connectivity index (χ4v) is 2.10. The maximum Gasteiger partial charge on any atom is 0.371 e. The van der Waals surface area contributed by atoms with Gasteiger partial charge in [-0.2, -0.15) is 0 Å². The van der Waals surface area contributed by atoms with E-state index < -0.39 is 5.97 Å². The highest BCUT2D eigenvalue weighted by Crippen LogP contribution is 2.24. The van der Waals surface area contributed by atoms with Crippen molar-refractivity contribution in [2.45, 2.75) is 17.8 Å². The molecule has 88 valence electrons. The highest BCUT2D eigenvalue weighted by atomic mass is 32.2. The molecule has 2 rings (SSSR count). The smallest absolute Gasteiger partial charge is 0.371 e. The van der Waals surface area contributed by atoms with E-state index in [4.69, 9.17) is 9.52 Å². The van der Waals surface area contributed by atoms with E-state index in [0.717, 1.165) is 11.4 Å². The van der Waals surface area contributed by atoms with Gasteiger partial charge in [-0.25, -0.2) is 4.79 Å². The van der Waals surface area contributed by atoms with Gasteiger partial charge in [0.1, 0.15) is 0 Å². The molecule has 5 heteroatoms. The molecule has 4 nitrogen and oxygen atoms in total. The van der Waals surface area contributed by atoms with E-state index in [0.29, 0.717) is 10.8 Å². The van der Waals surface area contributed by atoms with Gasteiger partial charge in [0, 0.05) is 11.4 Å². The lowest BCUT2D eigenvalue weighted by Gasteiger charge is -1.99. The van der Waals surface area contributed by atoms with Gasteiger partial charge in [-0.05, 0) is 31.2 Å². The Balaban J connectivity index is 2.00. The van der Waals surface area contributed by atoms with Gasteiger partial charge in [0.2, 0.25) is 5.76 Å². The summed E-state index contributed by atoms with van der Waals surface area (Å²) < 4.78 is 5.13. The van der Waals surface area contributed by atoms with E-state index in [9.17, 15) is 4.79 Å². The summed E-state index contributed by atoms with van der Waals surface area (Å²) in [5, 5.41) is 9.29. The number of aromatic nitrogens is 1. The number of carboxylic acids is 1. The minimum Gasteiger partial charge on any atom is -0.475 e. The van der Waals surface area contributed by atoms with Crippen LogP contribution in [0, 0.1) is 6.92 Å². The molecular weight excluding hydrogens is 238 g/mol. The predicted octanol–water partition coefficient (Wildman–Crippen LogP) is 2.97. The summed E-state index contributed by atoms with van der Waals surface area (Å²) in [6.07, 6.45) is 0. The normalized spacial score (nSPS) is 10.4. The average Bonchev–Trinajstić information content (AvgIpc) is 2.75. The molecule has 0 saturated heterocycles. The van der Waals surface area contributed by atoms with Gasteiger partial charge in [0.05, 0.1) is 5.69 Å². The first-order chi connectivity index (χ1) is 8.15. The quantitative estimate of drug-likeness (QED) is 0.844. The molecule has 17 heavy (non-hydrogen) atoms. The average molecular weight is 249 g/mol. The number of carboxylic acid groups (broad SMARTS) is 1. The summed E-state index contributed by atoms with van der Waals surface area (Å²) in [7, 11) is 0. The molecule has 0 fully saturated rings. The van der Waals surface area contributed by atoms with Gasteiger partial charge in [-0.15, -0.1) is 0 Å². The van der Waals surface area contributed by atoms with E-state index in [1.54, 1.807) is 6.07 Å². The monoisotopic (exact) mass is 249 g/mol. The second kappa shape index (κ2) is 5.05. The number of aromatic carboxylic acids is 1. The highest BCUT2D eigenvalue weighted by Gasteiger charge is 2.09. The first-order valence-corrected chi connectivity index (χ1v) is 6.02. The van der Waals surface area contributed by atoms with Crippen molar-refractivity contribution in [2.75, 3.05) is 0 Å². The van der Waals surface area contributed by atoms with Crippen LogP contribution >= 0.6 is 11.8 Å². The number of furan rings is 1. The molecule has 0 atom stereocenters. The lowest BCUT2D eigenvalue weighted by Crippen LogP contribution is -1.91. The second-order valence-electron chi connectivity index (χ2n) is 3.48. The van der Waals surface area contributed by atoms with Crippen molar-refractivity contribution in [1.29, 1.82) is 0 Å². The molecular formula is C12H11NO3S. The molecule has 0 unspecified atom stereocenters. The molecule has 0 aromatic carbocycles. The number of hydrogen-bond acceptors (Lipinski definition) is 4. The van der Waals surface area contributed by atoms with Crippen molar-refractivity contribution in [3.63, 3.8) is 0 Å². The lowest BCUT2D eigenvalue weighted by molar-refractivity contribution is 0.0656. The van der Waals surface area contributed by atoms with Crippen LogP contribution in [0.2, 0.25) is 0 Å². The van der Waals surface area contributed by atoms with Crippen LogP contribution in [0.15, 0.2) is 39.8 Å². The van der Waals surface area contributed by atoms with Gasteiger partial charge >= 0.3 is 5.97 Å². The van der Waals surface area contributed by atoms with Gasteiger partial charge in [-0.1, -0.05) is 17.8 Å². The third kappa shape index (κ3) is 3.10. The number of carbonyl (C=O) groups is 1. The van der Waals surface area contributed by atoms with Gasteiger partial charge in [-0.3, -0.25) is 4.98 Å². The standard InChI is InChI=1S/C12H11NO3S/c1-8-3-2-4-9(13-8)7-17-11-6-5-10(16-11)12(14)15/h2-6H,7H2,1H3,(H,14,15). The zero-order valence-electron chi connectivity index (χ0n) is 9.21. The predicted molar refractivity (Wildman–Crippen MR) is 64.2 cm³/mol. The summed E-state index contributed by atoms with van der Waals surface area (Å²) in [6.45, 7) is 1.93. The summed E-state index contributed by atoms with van der Waals surface area (Å²) >= 11 is 1.43. The number of pyridine rings is 1. The minimum atomic E-state index is -1.05. The van der Waals surface area contributed by atoms with Gasteiger partial charge < -0.3 is 9.52 Å². The van der Waals surface area contributed by atoms with Crippen LogP contribution in [-0.2, 0) is 5.75 Å². The third-order valence-electron chi connectivity index (χ3n) is 2.10. The Morgan fingerprint density at radius 3 is 2.88 bits per heavy atom. The maximum absolute atomic E-state index is 10.6. The Labute approximate surface area is 103 Å². The van der Waals surface area contributed by atoms with E-state index >= 15 is 0 Å². The van der Waals surface area contributed by atoms with Crippen molar-refractivity contribution < 1.29 is 14.3 Å². The molecule has 2 aromatic heterocycles. The molecule has 0 saturated carbocycles. The van der Waals surface area contributed by atoms with E-state index in [1.165, 1.54) is 17.8 Å². The molecule has 0 aliphatic rings. The lowest BCUT2D eigenvalue weighted by atomic mass is 10.3. The van der Waals surface area contributed by atoms with Crippen molar-refractivity contribution in [1.82, 2.24) is 4.98 Å². The molecule has 0 radical (unpaired) electrons. The SMILES string of the molecule is Cc1cccc(CSc2ccc(C(=O)O)o2)n1. The molecule has 2 aromatic rings. The number of aryl methyl sites for hydroxylation is 1. The van der Waals surface area contributed by atoms with E-state index in [1.807, 2.05) is 25.1 Å². The van der Waals surface area contributed by atoms with Crippen molar-refractivity contribution >= 4 is 17.7 Å². The summed E-state index contributed by atoms with van der Waals surface area (Å²) in [4.78, 5) is 15.0. The Morgan fingerprint density at radius 1 is 1.41 bits per heavy atom. The van der Waals surface area contributed by atoms with Crippen molar-refractivity contribution in [2.24, 2.45) is 0 Å². The molecule has 0 bridgehead atoms. The largest absolute Gasteiger partial charge is 0.475 e. The fraction of sp³-hybridized carbons (Fsp3) is 0.167. The topological polar surface area (TPSA) is 63.3 Å². The van der Waals surface area contributed by atoms with Crippen molar-refractivity contribution in [3.05, 3.63) is 47.5 Å². The molecule has 2 heterocycles. The van der Waals surface area contributed by atoms with Gasteiger partial charge in [0.25, 0.3) is 0 Å². The van der Waals surface area contributed by atoms with Gasteiger partial charge in [0.15, 0.2) is 5.09 Å². The van der Waals surface area contributed by atoms with Crippen LogP contribution in [0.4, 0.5) is 0 Å². The fourth-order valence-electron chi connectivity index (χ4n) is 1.34. The zero-order valence-corrected chi connectivity index (χ0v) is 10.0. The Morgan fingerprint density at radius 2 is 2.24 bits per heavy atom. The van der Waals surface area contributed by atoms with E-state index in [2.05, 4.69) is 4.98 Å².